The molecule has 0 spiro atoms. The number of hydrogen-bond acceptors (Lipinski definition) is 6. The molecule has 0 aliphatic rings. The van der Waals surface area contributed by atoms with Crippen molar-refractivity contribution in [1.82, 2.24) is 4.57 Å². The van der Waals surface area contributed by atoms with Crippen LogP contribution >= 0.6 is 11.3 Å². The third-order valence-corrected chi connectivity index (χ3v) is 5.31. The average molecular weight is 397 g/mol. The topological polar surface area (TPSA) is 99.9 Å². The van der Waals surface area contributed by atoms with Gasteiger partial charge in [-0.05, 0) is 25.1 Å². The molecule has 0 bridgehead atoms. The molecule has 2 heterocycles. The van der Waals surface area contributed by atoms with Crippen LogP contribution in [-0.2, 0) is 7.05 Å². The van der Waals surface area contributed by atoms with E-state index in [9.17, 15) is 14.9 Å². The van der Waals surface area contributed by atoms with Gasteiger partial charge in [-0.2, -0.15) is 4.99 Å². The van der Waals surface area contributed by atoms with Crippen molar-refractivity contribution in [3.05, 3.63) is 63.1 Å². The molecular formula is C19H15N3O5S. The fourth-order valence-electron chi connectivity index (χ4n) is 2.90. The lowest BCUT2D eigenvalue weighted by Gasteiger charge is -2.01. The van der Waals surface area contributed by atoms with Gasteiger partial charge in [0.05, 0.1) is 21.7 Å². The average Bonchev–Trinajstić information content (AvgIpc) is 3.24. The molecule has 4 rings (SSSR count). The Bertz CT molecular complexity index is 1300. The van der Waals surface area contributed by atoms with Crippen LogP contribution in [0.2, 0.25) is 0 Å². The first kappa shape index (κ1) is 17.9. The van der Waals surface area contributed by atoms with E-state index in [0.717, 1.165) is 10.9 Å². The maximum atomic E-state index is 12.6. The number of aryl methyl sites for hydroxylation is 1. The molecule has 0 atom stereocenters. The van der Waals surface area contributed by atoms with Crippen LogP contribution in [0.3, 0.4) is 0 Å². The van der Waals surface area contributed by atoms with Crippen LogP contribution in [0.15, 0.2) is 51.9 Å². The standard InChI is InChI=1S/C19H15N3O5S/c1-3-26-14-6-4-5-11-9-15(27-17(11)14)18(23)20-19-21(2)13-8-7-12(22(24)25)10-16(13)28-19/h4-10H,3H2,1-2H3. The second kappa shape index (κ2) is 6.93. The number of aromatic nitrogens is 1. The van der Waals surface area contributed by atoms with Gasteiger partial charge in [-0.15, -0.1) is 0 Å². The van der Waals surface area contributed by atoms with Crippen molar-refractivity contribution in [3.63, 3.8) is 0 Å². The maximum Gasteiger partial charge on any atom is 0.315 e. The highest BCUT2D eigenvalue weighted by Crippen LogP contribution is 2.29. The van der Waals surface area contributed by atoms with E-state index < -0.39 is 10.8 Å². The Balaban J connectivity index is 1.77. The lowest BCUT2D eigenvalue weighted by atomic mass is 10.2. The Morgan fingerprint density at radius 1 is 1.32 bits per heavy atom. The van der Waals surface area contributed by atoms with E-state index in [2.05, 4.69) is 4.99 Å². The largest absolute Gasteiger partial charge is 0.490 e. The number of benzene rings is 2. The molecule has 4 aromatic rings. The minimum atomic E-state index is -0.532. The summed E-state index contributed by atoms with van der Waals surface area (Å²) in [5, 5.41) is 11.7. The molecule has 0 unspecified atom stereocenters. The first-order chi connectivity index (χ1) is 13.5. The van der Waals surface area contributed by atoms with Crippen LogP contribution < -0.4 is 9.54 Å². The highest BCUT2D eigenvalue weighted by atomic mass is 32.1. The summed E-state index contributed by atoms with van der Waals surface area (Å²) in [5.74, 6) is 0.139. The van der Waals surface area contributed by atoms with Crippen LogP contribution in [0.5, 0.6) is 5.75 Å². The molecule has 1 amide bonds. The van der Waals surface area contributed by atoms with Crippen molar-refractivity contribution in [2.75, 3.05) is 6.61 Å². The predicted octanol–water partition coefficient (Wildman–Crippen LogP) is 4.03. The molecule has 8 nitrogen and oxygen atoms in total. The van der Waals surface area contributed by atoms with E-state index in [1.165, 1.54) is 23.5 Å². The summed E-state index contributed by atoms with van der Waals surface area (Å²) in [4.78, 5) is 27.7. The number of carbonyl (C=O) groups excluding carboxylic acids is 1. The number of para-hydroxylation sites is 1. The second-order valence-corrected chi connectivity index (χ2v) is 7.00. The van der Waals surface area contributed by atoms with Gasteiger partial charge in [0.2, 0.25) is 0 Å². The van der Waals surface area contributed by atoms with Crippen LogP contribution in [0.1, 0.15) is 17.5 Å². The highest BCUT2D eigenvalue weighted by Gasteiger charge is 2.16. The number of thiazole rings is 1. The number of ether oxygens (including phenoxy) is 1. The molecule has 0 fully saturated rings. The zero-order valence-electron chi connectivity index (χ0n) is 15.0. The molecule has 0 aliphatic carbocycles. The molecule has 0 saturated carbocycles. The normalized spacial score (nSPS) is 12.0. The van der Waals surface area contributed by atoms with E-state index in [4.69, 9.17) is 9.15 Å². The number of rotatable bonds is 4. The van der Waals surface area contributed by atoms with Gasteiger partial charge in [-0.3, -0.25) is 14.9 Å². The number of fused-ring (bicyclic) bond motifs is 2. The Morgan fingerprint density at radius 2 is 2.14 bits per heavy atom. The van der Waals surface area contributed by atoms with Gasteiger partial charge in [-0.25, -0.2) is 0 Å². The number of nitrogens with zero attached hydrogens (tertiary/aromatic N) is 3. The predicted molar refractivity (Wildman–Crippen MR) is 105 cm³/mol. The van der Waals surface area contributed by atoms with Crippen molar-refractivity contribution >= 4 is 44.1 Å². The van der Waals surface area contributed by atoms with Crippen LogP contribution in [-0.4, -0.2) is 22.0 Å². The number of nitro groups is 1. The summed E-state index contributed by atoms with van der Waals surface area (Å²) >= 11 is 1.20. The molecule has 0 aliphatic heterocycles. The molecule has 2 aromatic carbocycles. The number of nitro benzene ring substituents is 1. The van der Waals surface area contributed by atoms with E-state index in [0.29, 0.717) is 27.4 Å². The number of carbonyl (C=O) groups is 1. The summed E-state index contributed by atoms with van der Waals surface area (Å²) < 4.78 is 13.6. The van der Waals surface area contributed by atoms with Crippen molar-refractivity contribution in [1.29, 1.82) is 0 Å². The van der Waals surface area contributed by atoms with E-state index in [-0.39, 0.29) is 11.4 Å². The molecule has 2 aromatic heterocycles. The number of hydrogen-bond donors (Lipinski definition) is 0. The zero-order valence-corrected chi connectivity index (χ0v) is 15.9. The Kier molecular flexibility index (Phi) is 4.44. The van der Waals surface area contributed by atoms with Gasteiger partial charge in [0, 0.05) is 24.6 Å². The first-order valence-corrected chi connectivity index (χ1v) is 9.28. The SMILES string of the molecule is CCOc1cccc2cc(C(=O)N=c3sc4cc([N+](=O)[O-])ccc4n3C)oc12. The fraction of sp³-hybridized carbons (Fsp3) is 0.158. The minimum absolute atomic E-state index is 0.00651. The third-order valence-electron chi connectivity index (χ3n) is 4.22. The van der Waals surface area contributed by atoms with Crippen LogP contribution in [0.4, 0.5) is 5.69 Å². The van der Waals surface area contributed by atoms with E-state index in [1.54, 1.807) is 29.8 Å². The summed E-state index contributed by atoms with van der Waals surface area (Å²) in [7, 11) is 1.75. The molecule has 0 saturated heterocycles. The van der Waals surface area contributed by atoms with Crippen LogP contribution in [0.25, 0.3) is 21.2 Å². The Hall–Kier alpha value is -3.46. The smallest absolute Gasteiger partial charge is 0.315 e. The van der Waals surface area contributed by atoms with E-state index >= 15 is 0 Å². The number of non-ortho nitro benzene ring substituents is 1. The van der Waals surface area contributed by atoms with Crippen molar-refractivity contribution in [3.8, 4) is 5.75 Å². The highest BCUT2D eigenvalue weighted by molar-refractivity contribution is 7.16. The molecule has 28 heavy (non-hydrogen) atoms. The Morgan fingerprint density at radius 3 is 2.89 bits per heavy atom. The molecule has 9 heteroatoms. The monoisotopic (exact) mass is 397 g/mol. The van der Waals surface area contributed by atoms with Gasteiger partial charge in [0.1, 0.15) is 0 Å². The van der Waals surface area contributed by atoms with Gasteiger partial charge >= 0.3 is 5.91 Å². The third kappa shape index (κ3) is 3.05. The van der Waals surface area contributed by atoms with Gasteiger partial charge < -0.3 is 13.7 Å². The summed E-state index contributed by atoms with van der Waals surface area (Å²) in [6.07, 6.45) is 0. The second-order valence-electron chi connectivity index (χ2n) is 5.99. The quantitative estimate of drug-likeness (QED) is 0.382. The van der Waals surface area contributed by atoms with Crippen LogP contribution in [0, 0.1) is 10.1 Å². The van der Waals surface area contributed by atoms with Crippen molar-refractivity contribution in [2.45, 2.75) is 6.92 Å². The minimum Gasteiger partial charge on any atom is -0.490 e. The number of amides is 1. The van der Waals surface area contributed by atoms with Gasteiger partial charge in [0.25, 0.3) is 5.69 Å². The van der Waals surface area contributed by atoms with Gasteiger partial charge in [0.15, 0.2) is 21.9 Å². The zero-order chi connectivity index (χ0) is 19.8. The summed E-state index contributed by atoms with van der Waals surface area (Å²) in [6.45, 7) is 2.35. The fourth-order valence-corrected chi connectivity index (χ4v) is 3.95. The first-order valence-electron chi connectivity index (χ1n) is 8.46. The Labute approximate surface area is 162 Å². The molecule has 0 radical (unpaired) electrons. The number of furan rings is 1. The molecule has 0 N–H and O–H groups in total. The lowest BCUT2D eigenvalue weighted by molar-refractivity contribution is -0.384. The summed E-state index contributed by atoms with van der Waals surface area (Å²) in [6, 6.07) is 11.6. The van der Waals surface area contributed by atoms with Crippen molar-refractivity contribution < 1.29 is 18.9 Å². The molecular weight excluding hydrogens is 382 g/mol. The summed E-state index contributed by atoms with van der Waals surface area (Å²) in [5.41, 5.74) is 1.25. The molecule has 142 valence electrons. The maximum absolute atomic E-state index is 12.6. The van der Waals surface area contributed by atoms with Gasteiger partial charge in [-0.1, -0.05) is 23.5 Å². The lowest BCUT2D eigenvalue weighted by Crippen LogP contribution is -2.12. The van der Waals surface area contributed by atoms with E-state index in [1.807, 2.05) is 19.1 Å². The van der Waals surface area contributed by atoms with Crippen molar-refractivity contribution in [2.24, 2.45) is 12.0 Å².